The normalized spacial score (nSPS) is 14.5. The quantitative estimate of drug-likeness (QED) is 0.674. The van der Waals surface area contributed by atoms with E-state index in [1.165, 1.54) is 6.07 Å². The van der Waals surface area contributed by atoms with E-state index in [1.54, 1.807) is 24.0 Å². The third-order valence-corrected chi connectivity index (χ3v) is 4.70. The minimum atomic E-state index is -5.04. The van der Waals surface area contributed by atoms with Crippen LogP contribution in [0.3, 0.4) is 0 Å². The lowest BCUT2D eigenvalue weighted by molar-refractivity contribution is -0.143. The zero-order valence-electron chi connectivity index (χ0n) is 15.6. The number of alkyl halides is 6. The van der Waals surface area contributed by atoms with Crippen molar-refractivity contribution in [3.63, 3.8) is 0 Å². The van der Waals surface area contributed by atoms with Crippen LogP contribution in [0.25, 0.3) is 0 Å². The first-order valence-corrected chi connectivity index (χ1v) is 8.94. The van der Waals surface area contributed by atoms with Crippen LogP contribution in [-0.2, 0) is 23.6 Å². The van der Waals surface area contributed by atoms with Gasteiger partial charge in [0.2, 0.25) is 5.91 Å². The fourth-order valence-electron chi connectivity index (χ4n) is 3.27. The summed E-state index contributed by atoms with van der Waals surface area (Å²) in [5.41, 5.74) is -2.29. The van der Waals surface area contributed by atoms with Crippen molar-refractivity contribution in [1.82, 2.24) is 0 Å². The molecule has 0 saturated heterocycles. The number of hydrogen-bond donors (Lipinski definition) is 1. The van der Waals surface area contributed by atoms with Crippen LogP contribution in [0.1, 0.15) is 40.4 Å². The zero-order chi connectivity index (χ0) is 22.3. The van der Waals surface area contributed by atoms with E-state index in [-0.39, 0.29) is 24.1 Å². The van der Waals surface area contributed by atoms with Crippen LogP contribution < -0.4 is 10.2 Å². The van der Waals surface area contributed by atoms with Gasteiger partial charge in [-0.15, -0.1) is 0 Å². The molecule has 2 aromatic carbocycles. The lowest BCUT2D eigenvalue weighted by atomic mass is 10.00. The molecule has 3 rings (SSSR count). The van der Waals surface area contributed by atoms with E-state index in [0.29, 0.717) is 30.8 Å². The molecule has 0 unspecified atom stereocenters. The summed E-state index contributed by atoms with van der Waals surface area (Å²) in [7, 11) is 0. The molecule has 1 aliphatic rings. The number of anilines is 2. The van der Waals surface area contributed by atoms with E-state index in [9.17, 15) is 35.9 Å². The molecule has 0 bridgehead atoms. The maximum atomic E-state index is 13.0. The molecule has 1 N–H and O–H groups in total. The average molecular weight is 430 g/mol. The molecule has 10 heteroatoms. The maximum absolute atomic E-state index is 13.0. The van der Waals surface area contributed by atoms with Gasteiger partial charge in [-0.1, -0.05) is 0 Å². The third-order valence-electron chi connectivity index (χ3n) is 4.70. The average Bonchev–Trinajstić information content (AvgIpc) is 2.66. The van der Waals surface area contributed by atoms with Crippen molar-refractivity contribution < 1.29 is 35.9 Å². The van der Waals surface area contributed by atoms with E-state index in [4.69, 9.17) is 0 Å². The highest BCUT2D eigenvalue weighted by atomic mass is 19.4. The number of carbonyl (C=O) groups is 2. The predicted molar refractivity (Wildman–Crippen MR) is 97.2 cm³/mol. The molecule has 0 aliphatic carbocycles. The van der Waals surface area contributed by atoms with E-state index >= 15 is 0 Å². The van der Waals surface area contributed by atoms with Crippen LogP contribution in [0, 0.1) is 0 Å². The third kappa shape index (κ3) is 4.42. The van der Waals surface area contributed by atoms with Crippen molar-refractivity contribution in [1.29, 1.82) is 0 Å². The van der Waals surface area contributed by atoms with Gasteiger partial charge in [-0.2, -0.15) is 26.3 Å². The summed E-state index contributed by atoms with van der Waals surface area (Å²) >= 11 is 0. The number of carbonyl (C=O) groups excluding carboxylic acids is 2. The van der Waals surface area contributed by atoms with Gasteiger partial charge in [-0.25, -0.2) is 0 Å². The highest BCUT2D eigenvalue weighted by molar-refractivity contribution is 6.05. The summed E-state index contributed by atoms with van der Waals surface area (Å²) in [6, 6.07) is 5.29. The second-order valence-electron chi connectivity index (χ2n) is 6.73. The standard InChI is InChI=1S/C20H16F6N2O2/c1-2-28-16-5-4-15(9-11(16)3-6-17(28)29)27-18(30)12-7-13(19(21,22)23)10-14(8-12)20(24,25)26/h4-5,7-10H,2-3,6H2,1H3,(H,27,30). The molecule has 2 aromatic rings. The highest BCUT2D eigenvalue weighted by Gasteiger charge is 2.37. The highest BCUT2D eigenvalue weighted by Crippen LogP contribution is 2.36. The summed E-state index contributed by atoms with van der Waals surface area (Å²) in [5.74, 6) is -1.16. The number of hydrogen-bond acceptors (Lipinski definition) is 2. The molecule has 30 heavy (non-hydrogen) atoms. The summed E-state index contributed by atoms with van der Waals surface area (Å²) in [6.07, 6.45) is -9.41. The number of nitrogens with one attached hydrogen (secondary N) is 1. The topological polar surface area (TPSA) is 49.4 Å². The van der Waals surface area contributed by atoms with Gasteiger partial charge in [0.15, 0.2) is 0 Å². The van der Waals surface area contributed by atoms with Crippen LogP contribution in [0.15, 0.2) is 36.4 Å². The van der Waals surface area contributed by atoms with Crippen LogP contribution >= 0.6 is 0 Å². The van der Waals surface area contributed by atoms with Gasteiger partial charge < -0.3 is 10.2 Å². The Bertz CT molecular complexity index is 966. The van der Waals surface area contributed by atoms with Gasteiger partial charge in [-0.3, -0.25) is 9.59 Å². The fourth-order valence-corrected chi connectivity index (χ4v) is 3.27. The minimum absolute atomic E-state index is 0.0357. The Balaban J connectivity index is 1.92. The van der Waals surface area contributed by atoms with Crippen LogP contribution in [0.2, 0.25) is 0 Å². The molecule has 0 fully saturated rings. The first-order chi connectivity index (χ1) is 13.9. The molecule has 0 saturated carbocycles. The lowest BCUT2D eigenvalue weighted by Crippen LogP contribution is -2.34. The van der Waals surface area contributed by atoms with E-state index < -0.39 is 35.0 Å². The van der Waals surface area contributed by atoms with E-state index in [2.05, 4.69) is 5.32 Å². The Morgan fingerprint density at radius 1 is 0.967 bits per heavy atom. The summed E-state index contributed by atoms with van der Waals surface area (Å²) < 4.78 is 77.9. The number of fused-ring (bicyclic) bond motifs is 1. The molecule has 0 aromatic heterocycles. The number of nitrogens with zero attached hydrogens (tertiary/aromatic N) is 1. The number of aryl methyl sites for hydroxylation is 1. The molecule has 1 heterocycles. The molecule has 0 atom stereocenters. The Morgan fingerprint density at radius 3 is 2.10 bits per heavy atom. The van der Waals surface area contributed by atoms with Crippen LogP contribution in [0.5, 0.6) is 0 Å². The van der Waals surface area contributed by atoms with E-state index in [1.807, 2.05) is 0 Å². The Labute approximate surface area is 167 Å². The smallest absolute Gasteiger partial charge is 0.322 e. The van der Waals surface area contributed by atoms with Gasteiger partial charge in [-0.05, 0) is 55.3 Å². The molecule has 1 aliphatic heterocycles. The summed E-state index contributed by atoms with van der Waals surface area (Å²) in [5, 5.41) is 2.33. The Hall–Kier alpha value is -3.04. The van der Waals surface area contributed by atoms with Crippen molar-refractivity contribution in [2.45, 2.75) is 32.1 Å². The summed E-state index contributed by atoms with van der Waals surface area (Å²) in [4.78, 5) is 25.9. The maximum Gasteiger partial charge on any atom is 0.416 e. The largest absolute Gasteiger partial charge is 0.416 e. The van der Waals surface area contributed by atoms with Crippen molar-refractivity contribution in [3.8, 4) is 0 Å². The number of amides is 2. The van der Waals surface area contributed by atoms with E-state index in [0.717, 1.165) is 5.56 Å². The van der Waals surface area contributed by atoms with Gasteiger partial charge in [0.25, 0.3) is 5.91 Å². The van der Waals surface area contributed by atoms with Crippen molar-refractivity contribution in [2.24, 2.45) is 0 Å². The van der Waals surface area contributed by atoms with Crippen LogP contribution in [0.4, 0.5) is 37.7 Å². The van der Waals surface area contributed by atoms with Gasteiger partial charge in [0.05, 0.1) is 11.1 Å². The minimum Gasteiger partial charge on any atom is -0.322 e. The Kier molecular flexibility index (Phi) is 5.53. The molecular formula is C20H16F6N2O2. The molecule has 2 amide bonds. The van der Waals surface area contributed by atoms with Gasteiger partial charge in [0, 0.05) is 29.9 Å². The van der Waals surface area contributed by atoms with Crippen molar-refractivity contribution in [2.75, 3.05) is 16.8 Å². The second-order valence-corrected chi connectivity index (χ2v) is 6.73. The lowest BCUT2D eigenvalue weighted by Gasteiger charge is -2.28. The number of halogens is 6. The van der Waals surface area contributed by atoms with Crippen LogP contribution in [-0.4, -0.2) is 18.4 Å². The first-order valence-electron chi connectivity index (χ1n) is 8.94. The van der Waals surface area contributed by atoms with Crippen molar-refractivity contribution >= 4 is 23.2 Å². The SMILES string of the molecule is CCN1C(=O)CCc2cc(NC(=O)c3cc(C(F)(F)F)cc(C(F)(F)F)c3)ccc21. The molecule has 160 valence electrons. The number of rotatable bonds is 3. The zero-order valence-corrected chi connectivity index (χ0v) is 15.6. The molecule has 0 radical (unpaired) electrons. The first kappa shape index (κ1) is 21.7. The predicted octanol–water partition coefficient (Wildman–Crippen LogP) is 5.28. The second kappa shape index (κ2) is 7.66. The monoisotopic (exact) mass is 430 g/mol. The van der Waals surface area contributed by atoms with Gasteiger partial charge >= 0.3 is 12.4 Å². The molecular weight excluding hydrogens is 414 g/mol. The Morgan fingerprint density at radius 2 is 1.57 bits per heavy atom. The number of benzene rings is 2. The summed E-state index contributed by atoms with van der Waals surface area (Å²) in [6.45, 7) is 2.25. The van der Waals surface area contributed by atoms with Gasteiger partial charge in [0.1, 0.15) is 0 Å². The van der Waals surface area contributed by atoms with Crippen molar-refractivity contribution in [3.05, 3.63) is 58.7 Å². The molecule has 0 spiro atoms. The fraction of sp³-hybridized carbons (Fsp3) is 0.300. The molecule has 4 nitrogen and oxygen atoms in total.